The number of fused-ring (bicyclic) bond motifs is 1. The predicted octanol–water partition coefficient (Wildman–Crippen LogP) is 0.725. The number of sulfonamides is 1. The van der Waals surface area contributed by atoms with Crippen LogP contribution >= 0.6 is 0 Å². The highest BCUT2D eigenvalue weighted by atomic mass is 32.2. The molecule has 6 heteroatoms. The van der Waals surface area contributed by atoms with Crippen molar-refractivity contribution in [3.63, 3.8) is 0 Å². The average molecular weight is 279 g/mol. The minimum absolute atomic E-state index is 0.330. The summed E-state index contributed by atoms with van der Waals surface area (Å²) in [6.45, 7) is 2.79. The molecule has 2 aliphatic rings. The summed E-state index contributed by atoms with van der Waals surface area (Å²) in [6.07, 6.45) is 2.19. The molecule has 5 nitrogen and oxygen atoms in total. The summed E-state index contributed by atoms with van der Waals surface area (Å²) in [5, 5.41) is 3.32. The van der Waals surface area contributed by atoms with Gasteiger partial charge >= 0.3 is 0 Å². The number of hydrogen-bond acceptors (Lipinski definition) is 4. The lowest BCUT2D eigenvalue weighted by molar-refractivity contribution is 0.541. The smallest absolute Gasteiger partial charge is 0.263 e. The predicted molar refractivity (Wildman–Crippen MR) is 73.8 cm³/mol. The Morgan fingerprint density at radius 1 is 1.32 bits per heavy atom. The van der Waals surface area contributed by atoms with Gasteiger partial charge in [0.1, 0.15) is 5.84 Å². The van der Waals surface area contributed by atoms with Gasteiger partial charge < -0.3 is 5.32 Å². The van der Waals surface area contributed by atoms with Crippen LogP contribution in [0.4, 0.5) is 0 Å². The van der Waals surface area contributed by atoms with E-state index in [1.165, 1.54) is 6.42 Å². The van der Waals surface area contributed by atoms with E-state index in [9.17, 15) is 8.42 Å². The molecular formula is C13H17N3O2S. The first kappa shape index (κ1) is 12.6. The third kappa shape index (κ3) is 2.50. The first-order valence-electron chi connectivity index (χ1n) is 6.54. The van der Waals surface area contributed by atoms with Crippen LogP contribution in [0.3, 0.4) is 0 Å². The van der Waals surface area contributed by atoms with E-state index >= 15 is 0 Å². The van der Waals surface area contributed by atoms with Crippen LogP contribution in [-0.2, 0) is 10.0 Å². The standard InChI is InChI=1S/C13H17N3O2S/c17-19(18)12-4-2-1-3-11(12)13(16-19)15-8-6-10-5-7-14-9-10/h1-4,10,14H,5-9H2,(H,15,16). The van der Waals surface area contributed by atoms with E-state index in [-0.39, 0.29) is 0 Å². The summed E-state index contributed by atoms with van der Waals surface area (Å²) < 4.78 is 26.3. The largest absolute Gasteiger partial charge is 0.316 e. The average Bonchev–Trinajstić information content (AvgIpc) is 2.98. The third-order valence-corrected chi connectivity index (χ3v) is 5.03. The SMILES string of the molecule is O=S1(=O)NC(=NCCC2CCNC2)c2ccccc21. The van der Waals surface area contributed by atoms with Gasteiger partial charge in [-0.25, -0.2) is 8.42 Å². The Morgan fingerprint density at radius 3 is 2.95 bits per heavy atom. The Balaban J connectivity index is 1.75. The van der Waals surface area contributed by atoms with Crippen molar-refractivity contribution >= 4 is 15.9 Å². The molecule has 102 valence electrons. The van der Waals surface area contributed by atoms with Crippen LogP contribution in [0.2, 0.25) is 0 Å². The van der Waals surface area contributed by atoms with Crippen LogP contribution < -0.4 is 10.0 Å². The van der Waals surface area contributed by atoms with Gasteiger partial charge in [-0.1, -0.05) is 12.1 Å². The molecule has 1 aromatic rings. The minimum atomic E-state index is -3.40. The molecule has 3 rings (SSSR count). The van der Waals surface area contributed by atoms with Crippen LogP contribution in [0.1, 0.15) is 18.4 Å². The number of hydrogen-bond donors (Lipinski definition) is 2. The van der Waals surface area contributed by atoms with Gasteiger partial charge in [0.25, 0.3) is 10.0 Å². The fraction of sp³-hybridized carbons (Fsp3) is 0.462. The zero-order valence-electron chi connectivity index (χ0n) is 10.6. The summed E-state index contributed by atoms with van der Waals surface area (Å²) in [4.78, 5) is 4.75. The molecule has 2 aliphatic heterocycles. The highest BCUT2D eigenvalue weighted by molar-refractivity contribution is 7.90. The molecule has 0 bridgehead atoms. The molecule has 1 saturated heterocycles. The Kier molecular flexibility index (Phi) is 3.28. The Morgan fingerprint density at radius 2 is 2.16 bits per heavy atom. The molecule has 2 heterocycles. The molecule has 0 spiro atoms. The van der Waals surface area contributed by atoms with E-state index in [0.717, 1.165) is 19.5 Å². The van der Waals surface area contributed by atoms with Crippen LogP contribution in [0.25, 0.3) is 0 Å². The van der Waals surface area contributed by atoms with Crippen LogP contribution in [-0.4, -0.2) is 33.9 Å². The second kappa shape index (κ2) is 4.94. The van der Waals surface area contributed by atoms with E-state index in [1.54, 1.807) is 18.2 Å². The first-order valence-corrected chi connectivity index (χ1v) is 8.02. The summed E-state index contributed by atoms with van der Waals surface area (Å²) >= 11 is 0. The van der Waals surface area contributed by atoms with Gasteiger partial charge in [0.2, 0.25) is 0 Å². The number of aliphatic imine (C=N–C) groups is 1. The monoisotopic (exact) mass is 279 g/mol. The molecule has 0 radical (unpaired) electrons. The van der Waals surface area contributed by atoms with Gasteiger partial charge in [-0.2, -0.15) is 0 Å². The Labute approximate surface area is 113 Å². The molecule has 1 aromatic carbocycles. The first-order chi connectivity index (χ1) is 9.17. The van der Waals surface area contributed by atoms with Gasteiger partial charge in [0, 0.05) is 12.1 Å². The maximum atomic E-state index is 11.9. The number of amidine groups is 1. The summed E-state index contributed by atoms with van der Waals surface area (Å²) in [5.41, 5.74) is 0.687. The molecule has 1 fully saturated rings. The lowest BCUT2D eigenvalue weighted by Gasteiger charge is -2.05. The Hall–Kier alpha value is -1.40. The zero-order valence-corrected chi connectivity index (χ0v) is 11.4. The second-order valence-electron chi connectivity index (χ2n) is 4.98. The normalized spacial score (nSPS) is 26.3. The van der Waals surface area contributed by atoms with Gasteiger partial charge in [0.05, 0.1) is 4.90 Å². The molecule has 19 heavy (non-hydrogen) atoms. The van der Waals surface area contributed by atoms with Crippen molar-refractivity contribution in [1.29, 1.82) is 0 Å². The summed E-state index contributed by atoms with van der Waals surface area (Å²) in [6, 6.07) is 6.97. The summed E-state index contributed by atoms with van der Waals surface area (Å²) in [7, 11) is -3.40. The zero-order chi connectivity index (χ0) is 13.3. The maximum absolute atomic E-state index is 11.9. The number of nitrogens with one attached hydrogen (secondary N) is 2. The van der Waals surface area contributed by atoms with Crippen LogP contribution in [0, 0.1) is 5.92 Å². The van der Waals surface area contributed by atoms with Crippen molar-refractivity contribution in [1.82, 2.24) is 10.0 Å². The van der Waals surface area contributed by atoms with Crippen molar-refractivity contribution in [2.75, 3.05) is 19.6 Å². The molecule has 2 N–H and O–H groups in total. The second-order valence-corrected chi connectivity index (χ2v) is 6.63. The van der Waals surface area contributed by atoms with Crippen LogP contribution in [0.5, 0.6) is 0 Å². The van der Waals surface area contributed by atoms with Gasteiger partial charge in [0.15, 0.2) is 0 Å². The van der Waals surface area contributed by atoms with Gasteiger partial charge in [-0.3, -0.25) is 9.71 Å². The van der Waals surface area contributed by atoms with Crippen molar-refractivity contribution in [3.05, 3.63) is 29.8 Å². The molecule has 1 unspecified atom stereocenters. The molecule has 0 aliphatic carbocycles. The number of nitrogens with zero attached hydrogens (tertiary/aromatic N) is 1. The van der Waals surface area contributed by atoms with Crippen molar-refractivity contribution in [2.24, 2.45) is 10.9 Å². The fourth-order valence-electron chi connectivity index (χ4n) is 2.57. The lowest BCUT2D eigenvalue weighted by atomic mass is 10.1. The van der Waals surface area contributed by atoms with E-state index in [2.05, 4.69) is 15.0 Å². The number of rotatable bonds is 3. The molecule has 1 atom stereocenters. The molecule has 0 saturated carbocycles. The van der Waals surface area contributed by atoms with E-state index < -0.39 is 10.0 Å². The highest BCUT2D eigenvalue weighted by Crippen LogP contribution is 2.22. The molecule has 0 amide bonds. The van der Waals surface area contributed by atoms with Gasteiger partial charge in [-0.05, 0) is 44.0 Å². The molecular weight excluding hydrogens is 262 g/mol. The number of benzene rings is 1. The van der Waals surface area contributed by atoms with Gasteiger partial charge in [-0.15, -0.1) is 0 Å². The highest BCUT2D eigenvalue weighted by Gasteiger charge is 2.29. The van der Waals surface area contributed by atoms with Crippen molar-refractivity contribution in [3.8, 4) is 0 Å². The van der Waals surface area contributed by atoms with E-state index in [1.807, 2.05) is 6.07 Å². The maximum Gasteiger partial charge on any atom is 0.263 e. The lowest BCUT2D eigenvalue weighted by Crippen LogP contribution is -2.22. The summed E-state index contributed by atoms with van der Waals surface area (Å²) in [5.74, 6) is 1.15. The third-order valence-electron chi connectivity index (χ3n) is 3.63. The topological polar surface area (TPSA) is 70.6 Å². The van der Waals surface area contributed by atoms with Crippen LogP contribution in [0.15, 0.2) is 34.2 Å². The van der Waals surface area contributed by atoms with Crippen molar-refractivity contribution < 1.29 is 8.42 Å². The molecule has 0 aromatic heterocycles. The Bertz CT molecular complexity index is 604. The fourth-order valence-corrected chi connectivity index (χ4v) is 3.82. The minimum Gasteiger partial charge on any atom is -0.316 e. The van der Waals surface area contributed by atoms with E-state index in [0.29, 0.717) is 28.8 Å². The quantitative estimate of drug-likeness (QED) is 0.856. The van der Waals surface area contributed by atoms with E-state index in [4.69, 9.17) is 0 Å². The van der Waals surface area contributed by atoms with Crippen molar-refractivity contribution in [2.45, 2.75) is 17.7 Å².